The molecule has 0 aromatic carbocycles. The highest BCUT2D eigenvalue weighted by Gasteiger charge is 2.08. The van der Waals surface area contributed by atoms with Crippen molar-refractivity contribution in [3.8, 4) is 0 Å². The maximum Gasteiger partial charge on any atom is 0.262 e. The molecule has 0 aliphatic rings. The topological polar surface area (TPSA) is 84.2 Å². The minimum atomic E-state index is -0.452. The molecule has 2 rings (SSSR count). The number of hydrogen-bond donors (Lipinski definition) is 2. The predicted molar refractivity (Wildman–Crippen MR) is 73.2 cm³/mol. The van der Waals surface area contributed by atoms with Crippen LogP contribution in [0.4, 0.5) is 0 Å². The second-order valence-electron chi connectivity index (χ2n) is 4.30. The van der Waals surface area contributed by atoms with E-state index < -0.39 is 6.10 Å². The third-order valence-electron chi connectivity index (χ3n) is 2.65. The Balaban J connectivity index is 2.03. The Bertz CT molecular complexity index is 632. The first-order valence-corrected chi connectivity index (χ1v) is 6.83. The Morgan fingerprint density at radius 2 is 2.42 bits per heavy atom. The van der Waals surface area contributed by atoms with Crippen molar-refractivity contribution >= 4 is 27.5 Å². The van der Waals surface area contributed by atoms with Crippen LogP contribution in [-0.4, -0.2) is 33.2 Å². The highest BCUT2D eigenvalue weighted by atomic mass is 32.1. The smallest absolute Gasteiger partial charge is 0.262 e. The summed E-state index contributed by atoms with van der Waals surface area (Å²) in [6.45, 7) is 1.99. The summed E-state index contributed by atoms with van der Waals surface area (Å²) in [6.07, 6.45) is 1.42. The van der Waals surface area contributed by atoms with Crippen LogP contribution in [0.3, 0.4) is 0 Å². The second-order valence-corrected chi connectivity index (χ2v) is 5.20. The van der Waals surface area contributed by atoms with Gasteiger partial charge in [-0.05, 0) is 24.8 Å². The van der Waals surface area contributed by atoms with E-state index in [0.29, 0.717) is 23.2 Å². The zero-order valence-electron chi connectivity index (χ0n) is 10.5. The van der Waals surface area contributed by atoms with E-state index in [1.807, 2.05) is 0 Å². The Labute approximate surface area is 113 Å². The largest absolute Gasteiger partial charge is 0.393 e. The van der Waals surface area contributed by atoms with Crippen molar-refractivity contribution in [3.63, 3.8) is 0 Å². The quantitative estimate of drug-likeness (QED) is 0.828. The van der Waals surface area contributed by atoms with E-state index >= 15 is 0 Å². The van der Waals surface area contributed by atoms with Crippen LogP contribution in [-0.2, 0) is 11.3 Å². The Morgan fingerprint density at radius 1 is 1.63 bits per heavy atom. The van der Waals surface area contributed by atoms with Crippen molar-refractivity contribution in [1.29, 1.82) is 0 Å². The molecule has 0 saturated heterocycles. The molecule has 0 saturated carbocycles. The summed E-state index contributed by atoms with van der Waals surface area (Å²) in [5.41, 5.74) is -0.211. The molecule has 1 atom stereocenters. The van der Waals surface area contributed by atoms with Gasteiger partial charge in [-0.25, -0.2) is 4.98 Å². The molecule has 2 heterocycles. The van der Waals surface area contributed by atoms with Crippen LogP contribution < -0.4 is 10.9 Å². The van der Waals surface area contributed by atoms with E-state index in [-0.39, 0.29) is 18.0 Å². The van der Waals surface area contributed by atoms with Gasteiger partial charge in [-0.2, -0.15) is 0 Å². The summed E-state index contributed by atoms with van der Waals surface area (Å²) in [5.74, 6) is -0.265. The molecule has 0 radical (unpaired) electrons. The lowest BCUT2D eigenvalue weighted by Gasteiger charge is -2.08. The summed E-state index contributed by atoms with van der Waals surface area (Å²) >= 11 is 1.39. The number of aromatic nitrogens is 2. The highest BCUT2D eigenvalue weighted by molar-refractivity contribution is 7.16. The van der Waals surface area contributed by atoms with Gasteiger partial charge in [0, 0.05) is 6.54 Å². The number of aliphatic hydroxyl groups is 1. The first-order chi connectivity index (χ1) is 9.08. The number of fused-ring (bicyclic) bond motifs is 1. The maximum atomic E-state index is 12.0. The van der Waals surface area contributed by atoms with Gasteiger partial charge in [0.1, 0.15) is 11.4 Å². The zero-order chi connectivity index (χ0) is 13.8. The van der Waals surface area contributed by atoms with Gasteiger partial charge < -0.3 is 10.4 Å². The van der Waals surface area contributed by atoms with Crippen molar-refractivity contribution < 1.29 is 9.90 Å². The number of nitrogens with zero attached hydrogens (tertiary/aromatic N) is 2. The fraction of sp³-hybridized carbons (Fsp3) is 0.417. The molecule has 0 aliphatic heterocycles. The normalized spacial score (nSPS) is 12.5. The van der Waals surface area contributed by atoms with Gasteiger partial charge in [-0.1, -0.05) is 0 Å². The number of thiophene rings is 1. The Morgan fingerprint density at radius 3 is 3.16 bits per heavy atom. The van der Waals surface area contributed by atoms with E-state index in [9.17, 15) is 9.59 Å². The van der Waals surface area contributed by atoms with E-state index in [0.717, 1.165) is 0 Å². The van der Waals surface area contributed by atoms with E-state index in [1.54, 1.807) is 18.4 Å². The Hall–Kier alpha value is -1.73. The van der Waals surface area contributed by atoms with Gasteiger partial charge in [0.25, 0.3) is 5.56 Å². The minimum Gasteiger partial charge on any atom is -0.393 e. The standard InChI is InChI=1S/C12H15N3O3S/c1-8(16)2-4-13-10(17)6-15-7-14-11-9(12(15)18)3-5-19-11/h3,5,7-8,16H,2,4,6H2,1H3,(H,13,17). The van der Waals surface area contributed by atoms with Gasteiger partial charge >= 0.3 is 0 Å². The lowest BCUT2D eigenvalue weighted by atomic mass is 10.3. The van der Waals surface area contributed by atoms with Crippen LogP contribution >= 0.6 is 11.3 Å². The molecule has 1 unspecified atom stereocenters. The molecule has 19 heavy (non-hydrogen) atoms. The molecule has 0 spiro atoms. The van der Waals surface area contributed by atoms with Crippen LogP contribution in [0, 0.1) is 0 Å². The van der Waals surface area contributed by atoms with Crippen molar-refractivity contribution in [2.24, 2.45) is 0 Å². The lowest BCUT2D eigenvalue weighted by molar-refractivity contribution is -0.121. The van der Waals surface area contributed by atoms with Crippen molar-refractivity contribution in [2.75, 3.05) is 6.54 Å². The number of nitrogens with one attached hydrogen (secondary N) is 1. The number of rotatable bonds is 5. The summed E-state index contributed by atoms with van der Waals surface area (Å²) in [6, 6.07) is 1.71. The van der Waals surface area contributed by atoms with E-state index in [4.69, 9.17) is 5.11 Å². The number of hydrogen-bond acceptors (Lipinski definition) is 5. The number of amides is 1. The van der Waals surface area contributed by atoms with Crippen LogP contribution in [0.2, 0.25) is 0 Å². The van der Waals surface area contributed by atoms with Crippen molar-refractivity contribution in [3.05, 3.63) is 28.1 Å². The first kappa shape index (κ1) is 13.7. The molecule has 0 bridgehead atoms. The van der Waals surface area contributed by atoms with Crippen LogP contribution in [0.15, 0.2) is 22.6 Å². The van der Waals surface area contributed by atoms with Gasteiger partial charge in [0.15, 0.2) is 0 Å². The van der Waals surface area contributed by atoms with Crippen LogP contribution in [0.25, 0.3) is 10.2 Å². The van der Waals surface area contributed by atoms with Crippen molar-refractivity contribution in [1.82, 2.24) is 14.9 Å². The third kappa shape index (κ3) is 3.39. The fourth-order valence-corrected chi connectivity index (χ4v) is 2.36. The molecule has 0 fully saturated rings. The monoisotopic (exact) mass is 281 g/mol. The first-order valence-electron chi connectivity index (χ1n) is 5.95. The van der Waals surface area contributed by atoms with Crippen molar-refractivity contribution in [2.45, 2.75) is 26.0 Å². The molecule has 2 N–H and O–H groups in total. The predicted octanol–water partition coefficient (Wildman–Crippen LogP) is 0.345. The summed E-state index contributed by atoms with van der Waals surface area (Å²) in [5, 5.41) is 14.1. The minimum absolute atomic E-state index is 0.0581. The zero-order valence-corrected chi connectivity index (χ0v) is 11.3. The van der Waals surface area contributed by atoms with Gasteiger partial charge in [0.05, 0.1) is 17.8 Å². The number of carbonyl (C=O) groups is 1. The molecule has 7 heteroatoms. The fourth-order valence-electron chi connectivity index (χ4n) is 1.64. The van der Waals surface area contributed by atoms with E-state index in [2.05, 4.69) is 10.3 Å². The maximum absolute atomic E-state index is 12.0. The molecular weight excluding hydrogens is 266 g/mol. The molecule has 102 valence electrons. The molecule has 1 amide bonds. The average Bonchev–Trinajstić information content (AvgIpc) is 2.81. The molecule has 2 aromatic rings. The second kappa shape index (κ2) is 5.94. The number of carbonyl (C=O) groups excluding carboxylic acids is 1. The van der Waals surface area contributed by atoms with Gasteiger partial charge in [-0.15, -0.1) is 11.3 Å². The molecule has 2 aromatic heterocycles. The summed E-state index contributed by atoms with van der Waals surface area (Å²) in [7, 11) is 0. The summed E-state index contributed by atoms with van der Waals surface area (Å²) in [4.78, 5) is 28.5. The Kier molecular flexibility index (Phi) is 4.28. The molecular formula is C12H15N3O3S. The SMILES string of the molecule is CC(O)CCNC(=O)Cn1cnc2sccc2c1=O. The molecule has 0 aliphatic carbocycles. The highest BCUT2D eigenvalue weighted by Crippen LogP contribution is 2.12. The van der Waals surface area contributed by atoms with Crippen LogP contribution in [0.1, 0.15) is 13.3 Å². The number of aliphatic hydroxyl groups excluding tert-OH is 1. The van der Waals surface area contributed by atoms with Gasteiger partial charge in [-0.3, -0.25) is 14.2 Å². The van der Waals surface area contributed by atoms with E-state index in [1.165, 1.54) is 22.2 Å². The van der Waals surface area contributed by atoms with Crippen LogP contribution in [0.5, 0.6) is 0 Å². The average molecular weight is 281 g/mol. The lowest BCUT2D eigenvalue weighted by Crippen LogP contribution is -2.33. The molecule has 6 nitrogen and oxygen atoms in total. The summed E-state index contributed by atoms with van der Waals surface area (Å²) < 4.78 is 1.28. The third-order valence-corrected chi connectivity index (χ3v) is 3.47. The van der Waals surface area contributed by atoms with Gasteiger partial charge in [0.2, 0.25) is 5.91 Å².